The molecule has 3 N–H and O–H groups in total. The molecule has 1 aromatic heterocycles. The van der Waals surface area contributed by atoms with Crippen molar-refractivity contribution in [3.05, 3.63) is 36.7 Å². The lowest BCUT2D eigenvalue weighted by Crippen LogP contribution is -2.36. The number of aromatic nitrogens is 2. The van der Waals surface area contributed by atoms with E-state index in [2.05, 4.69) is 4.98 Å². The summed E-state index contributed by atoms with van der Waals surface area (Å²) in [6.45, 7) is -0.232. The molecular weight excluding hydrogens is 494 g/mol. The minimum Gasteiger partial charge on any atom is -0.394 e. The van der Waals surface area contributed by atoms with E-state index in [4.69, 9.17) is 9.84 Å². The number of ether oxygens (including phenoxy) is 1. The highest BCUT2D eigenvalue weighted by molar-refractivity contribution is 14.1. The second-order valence-corrected chi connectivity index (χ2v) is 6.09. The summed E-state index contributed by atoms with van der Waals surface area (Å²) < 4.78 is 8.94. The summed E-state index contributed by atoms with van der Waals surface area (Å²) in [5.41, 5.74) is -0.823. The molecule has 3 atom stereocenters. The van der Waals surface area contributed by atoms with Gasteiger partial charge in [-0.15, -0.1) is 0 Å². The van der Waals surface area contributed by atoms with Crippen LogP contribution in [0.15, 0.2) is 19.9 Å². The molecule has 0 radical (unpaired) electrons. The van der Waals surface area contributed by atoms with Gasteiger partial charge in [0, 0.05) is 16.2 Å². The molecule has 1 aliphatic heterocycles. The summed E-state index contributed by atoms with van der Waals surface area (Å²) >= 11 is 3.97. The van der Waals surface area contributed by atoms with Gasteiger partial charge in [0.25, 0.3) is 5.56 Å². The van der Waals surface area contributed by atoms with Gasteiger partial charge in [-0.05, 0) is 26.7 Å². The van der Waals surface area contributed by atoms with E-state index < -0.39 is 29.7 Å². The number of aromatic amines is 1. The second kappa shape index (κ2) is 6.68. The third kappa shape index (κ3) is 3.16. The second-order valence-electron chi connectivity index (χ2n) is 4.30. The highest BCUT2D eigenvalue weighted by Gasteiger charge is 2.35. The third-order valence-electron chi connectivity index (χ3n) is 2.96. The minimum atomic E-state index is -0.912. The van der Waals surface area contributed by atoms with Gasteiger partial charge in [0.2, 0.25) is 0 Å². The Balaban J connectivity index is 2.47. The zero-order chi connectivity index (χ0) is 14.9. The van der Waals surface area contributed by atoms with Gasteiger partial charge < -0.3 is 14.9 Å². The summed E-state index contributed by atoms with van der Waals surface area (Å²) in [4.78, 5) is 25.8. The Morgan fingerprint density at radius 2 is 2.30 bits per heavy atom. The zero-order valence-electron chi connectivity index (χ0n) is 10.1. The lowest BCUT2D eigenvalue weighted by atomic mass is 10.2. The number of hydrogen-bond donors (Lipinski definition) is 3. The number of H-pyrrole nitrogens is 1. The molecule has 1 saturated heterocycles. The number of aliphatic hydroxyl groups is 2. The molecule has 1 fully saturated rings. The molecule has 0 spiro atoms. The summed E-state index contributed by atoms with van der Waals surface area (Å²) in [7, 11) is 0. The highest BCUT2D eigenvalue weighted by Crippen LogP contribution is 2.28. The van der Waals surface area contributed by atoms with Crippen LogP contribution in [0.1, 0.15) is 18.2 Å². The van der Waals surface area contributed by atoms with Gasteiger partial charge in [0.1, 0.15) is 6.10 Å². The van der Waals surface area contributed by atoms with Gasteiger partial charge in [-0.1, -0.05) is 22.6 Å². The fourth-order valence-electron chi connectivity index (χ4n) is 2.00. The SMILES string of the molecule is O=c1[nH]c(=O)n([C@@H]2O[C@H](CO)C[C@H]2O)cc1C(I)=CI. The molecule has 7 nitrogen and oxygen atoms in total. The van der Waals surface area contributed by atoms with Crippen molar-refractivity contribution in [3.63, 3.8) is 0 Å². The monoisotopic (exact) mass is 506 g/mol. The first kappa shape index (κ1) is 16.1. The largest absolute Gasteiger partial charge is 0.394 e. The first-order valence-electron chi connectivity index (χ1n) is 5.74. The summed E-state index contributed by atoms with van der Waals surface area (Å²) in [5.74, 6) is 0. The lowest BCUT2D eigenvalue weighted by molar-refractivity contribution is -0.0530. The van der Waals surface area contributed by atoms with Crippen LogP contribution < -0.4 is 11.2 Å². The molecule has 9 heteroatoms. The van der Waals surface area contributed by atoms with E-state index in [1.165, 1.54) is 6.20 Å². The van der Waals surface area contributed by atoms with E-state index in [9.17, 15) is 14.7 Å². The molecule has 0 unspecified atom stereocenters. The normalized spacial score (nSPS) is 27.0. The maximum absolute atomic E-state index is 11.9. The van der Waals surface area contributed by atoms with Crippen molar-refractivity contribution in [3.8, 4) is 0 Å². The van der Waals surface area contributed by atoms with Gasteiger partial charge in [0.15, 0.2) is 6.23 Å². The molecule has 1 aliphatic rings. The van der Waals surface area contributed by atoms with E-state index in [0.29, 0.717) is 9.14 Å². The number of halogens is 2. The molecule has 0 aliphatic carbocycles. The maximum atomic E-state index is 11.9. The number of aliphatic hydroxyl groups excluding tert-OH is 2. The third-order valence-corrected chi connectivity index (χ3v) is 5.67. The summed E-state index contributed by atoms with van der Waals surface area (Å²) in [6, 6.07) is 0. The first-order valence-corrected chi connectivity index (χ1v) is 8.06. The molecule has 2 heterocycles. The molecule has 0 amide bonds. The quantitative estimate of drug-likeness (QED) is 0.514. The Morgan fingerprint density at radius 1 is 1.60 bits per heavy atom. The van der Waals surface area contributed by atoms with E-state index >= 15 is 0 Å². The van der Waals surface area contributed by atoms with E-state index in [-0.39, 0.29) is 13.0 Å². The van der Waals surface area contributed by atoms with Crippen LogP contribution in [0, 0.1) is 0 Å². The standard InChI is InChI=1S/C11H12I2N2O5/c12-2-7(13)6-3-15(11(19)14-9(6)18)10-8(17)1-5(4-16)20-10/h2-3,5,8,10,16-17H,1,4H2,(H,14,18,19)/t5-,8+,10+/m0/s1. The lowest BCUT2D eigenvalue weighted by Gasteiger charge is -2.17. The number of rotatable bonds is 3. The van der Waals surface area contributed by atoms with Gasteiger partial charge in [0.05, 0.1) is 18.3 Å². The van der Waals surface area contributed by atoms with Gasteiger partial charge in [-0.25, -0.2) is 4.79 Å². The Kier molecular flexibility index (Phi) is 5.39. The molecule has 1 aromatic rings. The number of nitrogens with zero attached hydrogens (tertiary/aromatic N) is 1. The van der Waals surface area contributed by atoms with Crippen LogP contribution in [-0.4, -0.2) is 38.6 Å². The van der Waals surface area contributed by atoms with Crippen molar-refractivity contribution in [2.75, 3.05) is 6.61 Å². The molecule has 110 valence electrons. The number of hydrogen-bond acceptors (Lipinski definition) is 5. The Labute approximate surface area is 140 Å². The van der Waals surface area contributed by atoms with Crippen molar-refractivity contribution < 1.29 is 14.9 Å². The predicted octanol–water partition coefficient (Wildman–Crippen LogP) is 0.346. The smallest absolute Gasteiger partial charge is 0.330 e. The van der Waals surface area contributed by atoms with Crippen LogP contribution in [0.25, 0.3) is 3.58 Å². The molecule has 20 heavy (non-hydrogen) atoms. The van der Waals surface area contributed by atoms with Crippen molar-refractivity contribution >= 4 is 48.8 Å². The Bertz CT molecular complexity index is 638. The van der Waals surface area contributed by atoms with Crippen molar-refractivity contribution in [1.82, 2.24) is 9.55 Å². The number of nitrogens with one attached hydrogen (secondary N) is 1. The van der Waals surface area contributed by atoms with Crippen molar-refractivity contribution in [2.45, 2.75) is 24.9 Å². The van der Waals surface area contributed by atoms with E-state index in [1.54, 1.807) is 4.08 Å². The van der Waals surface area contributed by atoms with Crippen molar-refractivity contribution in [1.29, 1.82) is 0 Å². The van der Waals surface area contributed by atoms with Crippen LogP contribution in [0.3, 0.4) is 0 Å². The summed E-state index contributed by atoms with van der Waals surface area (Å²) in [6.07, 6.45) is -0.734. The first-order chi connectivity index (χ1) is 9.47. The van der Waals surface area contributed by atoms with Crippen LogP contribution in [0.4, 0.5) is 0 Å². The van der Waals surface area contributed by atoms with Crippen LogP contribution in [0.5, 0.6) is 0 Å². The van der Waals surface area contributed by atoms with E-state index in [1.807, 2.05) is 45.2 Å². The van der Waals surface area contributed by atoms with Crippen LogP contribution in [0.2, 0.25) is 0 Å². The summed E-state index contributed by atoms with van der Waals surface area (Å²) in [5, 5.41) is 19.0. The molecule has 0 aromatic carbocycles. The molecular formula is C11H12I2N2O5. The highest BCUT2D eigenvalue weighted by atomic mass is 127. The fourth-order valence-corrected chi connectivity index (χ4v) is 2.72. The van der Waals surface area contributed by atoms with Gasteiger partial charge in [-0.2, -0.15) is 0 Å². The minimum absolute atomic E-state index is 0.232. The maximum Gasteiger partial charge on any atom is 0.330 e. The van der Waals surface area contributed by atoms with Gasteiger partial charge in [-0.3, -0.25) is 14.3 Å². The zero-order valence-corrected chi connectivity index (χ0v) is 14.4. The predicted molar refractivity (Wildman–Crippen MR) is 89.0 cm³/mol. The van der Waals surface area contributed by atoms with Crippen molar-refractivity contribution in [2.24, 2.45) is 0 Å². The molecule has 2 rings (SSSR count). The topological polar surface area (TPSA) is 105 Å². The molecule has 0 saturated carbocycles. The fraction of sp³-hybridized carbons (Fsp3) is 0.455. The average molecular weight is 506 g/mol. The van der Waals surface area contributed by atoms with Gasteiger partial charge >= 0.3 is 5.69 Å². The van der Waals surface area contributed by atoms with E-state index in [0.717, 1.165) is 4.57 Å². The van der Waals surface area contributed by atoms with Crippen LogP contribution >= 0.6 is 45.2 Å². The Morgan fingerprint density at radius 3 is 2.85 bits per heavy atom. The Hall–Kier alpha value is -0.240. The van der Waals surface area contributed by atoms with Crippen LogP contribution in [-0.2, 0) is 4.74 Å². The average Bonchev–Trinajstić information content (AvgIpc) is 2.79. The molecule has 0 bridgehead atoms.